The molecule has 2 saturated carbocycles. The van der Waals surface area contributed by atoms with Crippen molar-refractivity contribution in [1.82, 2.24) is 0 Å². The van der Waals surface area contributed by atoms with Crippen LogP contribution in [0.5, 0.6) is 0 Å². The number of ether oxygens (including phenoxy) is 3. The van der Waals surface area contributed by atoms with Gasteiger partial charge in [0.1, 0.15) is 11.7 Å². The van der Waals surface area contributed by atoms with Gasteiger partial charge in [-0.25, -0.2) is 0 Å². The smallest absolute Gasteiger partial charge is 0.313 e. The van der Waals surface area contributed by atoms with Crippen LogP contribution in [-0.4, -0.2) is 91.9 Å². The SMILES string of the molecule is COC1C(O)C(C(C)(C)O)C2C(=O)OC3C(O)C4(CC(C(C)O)C(=O)O4)C1(C)C32O. The molecule has 4 aliphatic rings. The minimum Gasteiger partial charge on any atom is -0.456 e. The molecule has 10 heteroatoms. The number of esters is 2. The third-order valence-electron chi connectivity index (χ3n) is 8.25. The number of hydrogen-bond donors (Lipinski definition) is 5. The van der Waals surface area contributed by atoms with Crippen molar-refractivity contribution >= 4 is 11.9 Å². The van der Waals surface area contributed by atoms with Gasteiger partial charge in [-0.2, -0.15) is 0 Å². The third kappa shape index (κ3) is 2.14. The molecule has 1 spiro atoms. The van der Waals surface area contributed by atoms with E-state index >= 15 is 0 Å². The molecule has 11 atom stereocenters. The maximum atomic E-state index is 12.8. The van der Waals surface area contributed by atoms with Gasteiger partial charge in [-0.15, -0.1) is 0 Å². The van der Waals surface area contributed by atoms with Crippen LogP contribution in [0.4, 0.5) is 0 Å². The summed E-state index contributed by atoms with van der Waals surface area (Å²) in [5, 5.41) is 55.3. The van der Waals surface area contributed by atoms with E-state index in [0.717, 1.165) is 0 Å². The van der Waals surface area contributed by atoms with Crippen molar-refractivity contribution in [3.63, 3.8) is 0 Å². The lowest BCUT2D eigenvalue weighted by Crippen LogP contribution is -2.75. The molecular weight excluding hydrogens is 400 g/mol. The quantitative estimate of drug-likeness (QED) is 0.320. The predicted octanol–water partition coefficient (Wildman–Crippen LogP) is -1.90. The van der Waals surface area contributed by atoms with E-state index in [1.54, 1.807) is 0 Å². The summed E-state index contributed by atoms with van der Waals surface area (Å²) in [4.78, 5) is 25.4. The summed E-state index contributed by atoms with van der Waals surface area (Å²) in [7, 11) is 1.29. The topological polar surface area (TPSA) is 163 Å². The highest BCUT2D eigenvalue weighted by Gasteiger charge is 2.90. The highest BCUT2D eigenvalue weighted by atomic mass is 16.6. The highest BCUT2D eigenvalue weighted by Crippen LogP contribution is 2.71. The van der Waals surface area contributed by atoms with Crippen LogP contribution in [0.2, 0.25) is 0 Å². The van der Waals surface area contributed by atoms with Crippen LogP contribution in [0, 0.1) is 23.2 Å². The molecule has 0 bridgehead atoms. The molecule has 0 aromatic carbocycles. The minimum atomic E-state index is -2.11. The molecule has 0 radical (unpaired) electrons. The van der Waals surface area contributed by atoms with Crippen LogP contribution < -0.4 is 0 Å². The van der Waals surface area contributed by atoms with Gasteiger partial charge in [-0.05, 0) is 20.8 Å². The van der Waals surface area contributed by atoms with E-state index in [2.05, 4.69) is 0 Å². The Morgan fingerprint density at radius 1 is 1.23 bits per heavy atom. The Morgan fingerprint density at radius 3 is 2.30 bits per heavy atom. The van der Waals surface area contributed by atoms with Gasteiger partial charge in [0, 0.05) is 19.4 Å². The largest absolute Gasteiger partial charge is 0.456 e. The Kier molecular flexibility index (Phi) is 4.49. The number of carbonyl (C=O) groups is 2. The Bertz CT molecular complexity index is 776. The Labute approximate surface area is 173 Å². The Hall–Kier alpha value is -1.30. The molecule has 10 nitrogen and oxygen atoms in total. The summed E-state index contributed by atoms with van der Waals surface area (Å²) in [6, 6.07) is 0. The molecule has 0 amide bonds. The summed E-state index contributed by atoms with van der Waals surface area (Å²) >= 11 is 0. The van der Waals surface area contributed by atoms with Crippen molar-refractivity contribution in [1.29, 1.82) is 0 Å². The fourth-order valence-corrected chi connectivity index (χ4v) is 6.85. The van der Waals surface area contributed by atoms with Crippen molar-refractivity contribution in [3.05, 3.63) is 0 Å². The summed E-state index contributed by atoms with van der Waals surface area (Å²) < 4.78 is 16.6. The number of aliphatic hydroxyl groups excluding tert-OH is 3. The van der Waals surface area contributed by atoms with Crippen LogP contribution in [0.15, 0.2) is 0 Å². The number of fused-ring (bicyclic) bond motifs is 1. The van der Waals surface area contributed by atoms with E-state index in [-0.39, 0.29) is 6.42 Å². The van der Waals surface area contributed by atoms with Gasteiger partial charge in [0.15, 0.2) is 11.7 Å². The lowest BCUT2D eigenvalue weighted by Gasteiger charge is -2.59. The average Bonchev–Trinajstić information content (AvgIpc) is 3.15. The van der Waals surface area contributed by atoms with Gasteiger partial charge in [-0.1, -0.05) is 6.92 Å². The molecule has 170 valence electrons. The van der Waals surface area contributed by atoms with E-state index < -0.39 is 82.4 Å². The van der Waals surface area contributed by atoms with Crippen LogP contribution in [-0.2, 0) is 23.8 Å². The molecule has 0 aromatic heterocycles. The van der Waals surface area contributed by atoms with Crippen LogP contribution in [0.3, 0.4) is 0 Å². The van der Waals surface area contributed by atoms with Gasteiger partial charge in [0.25, 0.3) is 0 Å². The molecule has 2 aliphatic carbocycles. The molecule has 5 N–H and O–H groups in total. The Balaban J connectivity index is 1.97. The molecule has 0 aromatic rings. The van der Waals surface area contributed by atoms with E-state index in [4.69, 9.17) is 14.2 Å². The monoisotopic (exact) mass is 430 g/mol. The number of rotatable bonds is 3. The zero-order valence-corrected chi connectivity index (χ0v) is 17.6. The van der Waals surface area contributed by atoms with Gasteiger partial charge in [-0.3, -0.25) is 9.59 Å². The van der Waals surface area contributed by atoms with Crippen LogP contribution >= 0.6 is 0 Å². The lowest BCUT2D eigenvalue weighted by atomic mass is 9.49. The molecular formula is C20H30O10. The van der Waals surface area contributed by atoms with Gasteiger partial charge in [0.2, 0.25) is 0 Å². The maximum Gasteiger partial charge on any atom is 0.313 e. The second-order valence-corrected chi connectivity index (χ2v) is 10.00. The fourth-order valence-electron chi connectivity index (χ4n) is 6.85. The van der Waals surface area contributed by atoms with Gasteiger partial charge < -0.3 is 39.7 Å². The summed E-state index contributed by atoms with van der Waals surface area (Å²) in [5.41, 5.74) is -7.19. The standard InChI is InChI=1S/C20H30O10/c1-7(21)8-6-19(30-15(8)24)12(23)14-20(27)10(16(25)29-14)9(17(2,3)26)11(22)13(28-5)18(19,20)4/h7-14,21-23,26-27H,6H2,1-5H3. The van der Waals surface area contributed by atoms with Gasteiger partial charge >= 0.3 is 11.9 Å². The van der Waals surface area contributed by atoms with Crippen LogP contribution in [0.25, 0.3) is 0 Å². The first-order valence-corrected chi connectivity index (χ1v) is 10.1. The molecule has 4 rings (SSSR count). The summed E-state index contributed by atoms with van der Waals surface area (Å²) in [6.07, 6.45) is -7.02. The molecule has 2 heterocycles. The first kappa shape index (κ1) is 21.9. The molecule has 11 unspecified atom stereocenters. The first-order valence-electron chi connectivity index (χ1n) is 10.1. The lowest BCUT2D eigenvalue weighted by molar-refractivity contribution is -0.292. The Morgan fingerprint density at radius 2 is 1.83 bits per heavy atom. The second kappa shape index (κ2) is 6.14. The van der Waals surface area contributed by atoms with E-state index in [9.17, 15) is 35.1 Å². The van der Waals surface area contributed by atoms with E-state index in [1.807, 2.05) is 0 Å². The summed E-state index contributed by atoms with van der Waals surface area (Å²) in [6.45, 7) is 5.71. The number of carbonyl (C=O) groups excluding carboxylic acids is 2. The normalized spacial score (nSPS) is 53.6. The first-order chi connectivity index (χ1) is 13.7. The number of hydrogen-bond acceptors (Lipinski definition) is 10. The van der Waals surface area contributed by atoms with Crippen LogP contribution in [0.1, 0.15) is 34.1 Å². The molecule has 4 fully saturated rings. The maximum absolute atomic E-state index is 12.8. The van der Waals surface area contributed by atoms with Crippen molar-refractivity contribution in [2.45, 2.75) is 81.4 Å². The summed E-state index contributed by atoms with van der Waals surface area (Å²) in [5.74, 6) is -5.17. The van der Waals surface area contributed by atoms with E-state index in [1.165, 1.54) is 34.8 Å². The molecule has 2 aliphatic heterocycles. The van der Waals surface area contributed by atoms with Crippen molar-refractivity contribution < 1.29 is 49.3 Å². The molecule has 2 saturated heterocycles. The zero-order valence-electron chi connectivity index (χ0n) is 17.6. The second-order valence-electron chi connectivity index (χ2n) is 10.00. The van der Waals surface area contributed by atoms with Crippen molar-refractivity contribution in [3.8, 4) is 0 Å². The number of aliphatic hydroxyl groups is 5. The van der Waals surface area contributed by atoms with Gasteiger partial charge in [0.05, 0.1) is 41.2 Å². The minimum absolute atomic E-state index is 0.163. The predicted molar refractivity (Wildman–Crippen MR) is 97.6 cm³/mol. The third-order valence-corrected chi connectivity index (χ3v) is 8.25. The highest BCUT2D eigenvalue weighted by molar-refractivity contribution is 5.81. The fraction of sp³-hybridized carbons (Fsp3) is 0.900. The van der Waals surface area contributed by atoms with E-state index in [0.29, 0.717) is 0 Å². The van der Waals surface area contributed by atoms with Crippen molar-refractivity contribution in [2.75, 3.05) is 7.11 Å². The van der Waals surface area contributed by atoms with Crippen molar-refractivity contribution in [2.24, 2.45) is 23.2 Å². The zero-order chi connectivity index (χ0) is 22.6. The average molecular weight is 430 g/mol. The number of methoxy groups -OCH3 is 1. The molecule has 30 heavy (non-hydrogen) atoms.